The molecule has 1 heterocycles. The molecule has 1 aliphatic rings. The van der Waals surface area contributed by atoms with Crippen molar-refractivity contribution in [1.82, 2.24) is 4.90 Å². The van der Waals surface area contributed by atoms with Crippen molar-refractivity contribution in [3.8, 4) is 0 Å². The third-order valence-corrected chi connectivity index (χ3v) is 3.91. The lowest BCUT2D eigenvalue weighted by Crippen LogP contribution is -2.60. The summed E-state index contributed by atoms with van der Waals surface area (Å²) in [6.07, 6.45) is -0.0237. The van der Waals surface area contributed by atoms with Crippen LogP contribution < -0.4 is 4.90 Å². The highest BCUT2D eigenvalue weighted by Crippen LogP contribution is 2.25. The number of anilines is 1. The van der Waals surface area contributed by atoms with Gasteiger partial charge in [-0.25, -0.2) is 0 Å². The molecule has 20 heavy (non-hydrogen) atoms. The van der Waals surface area contributed by atoms with E-state index in [-0.39, 0.29) is 24.4 Å². The van der Waals surface area contributed by atoms with Crippen LogP contribution in [0.5, 0.6) is 0 Å². The Kier molecular flexibility index (Phi) is 4.27. The van der Waals surface area contributed by atoms with Gasteiger partial charge in [0.05, 0.1) is 12.5 Å². The number of hydrogen-bond acceptors (Lipinski definition) is 3. The van der Waals surface area contributed by atoms with Crippen molar-refractivity contribution < 1.29 is 14.7 Å². The van der Waals surface area contributed by atoms with E-state index < -0.39 is 5.97 Å². The van der Waals surface area contributed by atoms with Crippen molar-refractivity contribution >= 4 is 17.6 Å². The van der Waals surface area contributed by atoms with E-state index in [4.69, 9.17) is 5.11 Å². The first-order valence-electron chi connectivity index (χ1n) is 6.81. The number of benzene rings is 1. The Morgan fingerprint density at radius 2 is 1.90 bits per heavy atom. The van der Waals surface area contributed by atoms with Gasteiger partial charge < -0.3 is 14.9 Å². The molecular formula is C15H20N2O3. The van der Waals surface area contributed by atoms with Crippen molar-refractivity contribution in [2.24, 2.45) is 0 Å². The maximum absolute atomic E-state index is 11.7. The number of carbonyl (C=O) groups excluding carboxylic acids is 1. The Morgan fingerprint density at radius 3 is 2.45 bits per heavy atom. The third kappa shape index (κ3) is 2.92. The van der Waals surface area contributed by atoms with Gasteiger partial charge in [-0.1, -0.05) is 18.2 Å². The highest BCUT2D eigenvalue weighted by atomic mass is 16.4. The summed E-state index contributed by atoms with van der Waals surface area (Å²) in [6.45, 7) is 4.77. The van der Waals surface area contributed by atoms with Crippen molar-refractivity contribution in [1.29, 1.82) is 0 Å². The zero-order valence-corrected chi connectivity index (χ0v) is 11.8. The first-order chi connectivity index (χ1) is 9.50. The van der Waals surface area contributed by atoms with Crippen molar-refractivity contribution in [3.05, 3.63) is 30.3 Å². The normalized spacial score (nSPS) is 22.7. The Hall–Kier alpha value is -2.04. The number of piperazine rings is 1. The van der Waals surface area contributed by atoms with Gasteiger partial charge in [0, 0.05) is 31.7 Å². The molecular weight excluding hydrogens is 256 g/mol. The fourth-order valence-corrected chi connectivity index (χ4v) is 2.89. The molecule has 0 bridgehead atoms. The molecule has 5 heteroatoms. The van der Waals surface area contributed by atoms with E-state index in [1.807, 2.05) is 37.3 Å². The number of nitrogens with zero attached hydrogens (tertiary/aromatic N) is 2. The fourth-order valence-electron chi connectivity index (χ4n) is 2.89. The second kappa shape index (κ2) is 5.94. The van der Waals surface area contributed by atoms with Crippen LogP contribution in [0.3, 0.4) is 0 Å². The monoisotopic (exact) mass is 276 g/mol. The minimum Gasteiger partial charge on any atom is -0.481 e. The van der Waals surface area contributed by atoms with Crippen LogP contribution in [-0.2, 0) is 9.59 Å². The molecule has 2 atom stereocenters. The van der Waals surface area contributed by atoms with Crippen molar-refractivity contribution in [2.45, 2.75) is 32.4 Å². The molecule has 1 N–H and O–H groups in total. The minimum atomic E-state index is -0.872. The average Bonchev–Trinajstić information content (AvgIpc) is 2.41. The first kappa shape index (κ1) is 14.4. The quantitative estimate of drug-likeness (QED) is 0.910. The zero-order chi connectivity index (χ0) is 14.7. The molecule has 0 aliphatic carbocycles. The first-order valence-corrected chi connectivity index (χ1v) is 6.81. The summed E-state index contributed by atoms with van der Waals surface area (Å²) in [7, 11) is 0. The van der Waals surface area contributed by atoms with Crippen molar-refractivity contribution in [2.75, 3.05) is 18.0 Å². The molecule has 2 rings (SSSR count). The number of para-hydroxylation sites is 1. The molecule has 0 unspecified atom stereocenters. The number of amides is 1. The van der Waals surface area contributed by atoms with Gasteiger partial charge in [-0.15, -0.1) is 0 Å². The molecule has 108 valence electrons. The van der Waals surface area contributed by atoms with Crippen LogP contribution in [0.1, 0.15) is 20.3 Å². The van der Waals surface area contributed by atoms with Gasteiger partial charge in [0.15, 0.2) is 0 Å². The standard InChI is InChI=1S/C15H20N2O3/c1-11-14(10-15(19)20)17(12(2)18)9-8-16(11)13-6-4-3-5-7-13/h3-7,11,14H,8-10H2,1-2H3,(H,19,20)/t11-,14-/m1/s1. The van der Waals surface area contributed by atoms with Crippen LogP contribution in [0, 0.1) is 0 Å². The predicted octanol–water partition coefficient (Wildman–Crippen LogP) is 1.59. The number of carboxylic acids is 1. The largest absolute Gasteiger partial charge is 0.481 e. The predicted molar refractivity (Wildman–Crippen MR) is 76.7 cm³/mol. The average molecular weight is 276 g/mol. The van der Waals surface area contributed by atoms with Gasteiger partial charge in [-0.3, -0.25) is 9.59 Å². The number of carbonyl (C=O) groups is 2. The van der Waals surface area contributed by atoms with E-state index in [0.717, 1.165) is 12.2 Å². The molecule has 1 fully saturated rings. The van der Waals surface area contributed by atoms with E-state index in [1.165, 1.54) is 6.92 Å². The summed E-state index contributed by atoms with van der Waals surface area (Å²) in [5.41, 5.74) is 1.07. The Morgan fingerprint density at radius 1 is 1.25 bits per heavy atom. The van der Waals surface area contributed by atoms with Crippen molar-refractivity contribution in [3.63, 3.8) is 0 Å². The minimum absolute atomic E-state index is 0.0221. The van der Waals surface area contributed by atoms with Crippen LogP contribution in [-0.4, -0.2) is 47.1 Å². The number of carboxylic acid groups (broad SMARTS) is 1. The summed E-state index contributed by atoms with van der Waals surface area (Å²) >= 11 is 0. The summed E-state index contributed by atoms with van der Waals surface area (Å²) in [4.78, 5) is 26.6. The van der Waals surface area contributed by atoms with Gasteiger partial charge in [-0.2, -0.15) is 0 Å². The van der Waals surface area contributed by atoms with E-state index in [9.17, 15) is 9.59 Å². The molecule has 0 aromatic heterocycles. The molecule has 1 aromatic rings. The second-order valence-electron chi connectivity index (χ2n) is 5.15. The maximum Gasteiger partial charge on any atom is 0.305 e. The van der Waals surface area contributed by atoms with Gasteiger partial charge in [0.25, 0.3) is 0 Å². The van der Waals surface area contributed by atoms with E-state index in [0.29, 0.717) is 6.54 Å². The lowest BCUT2D eigenvalue weighted by molar-refractivity contribution is -0.141. The third-order valence-electron chi connectivity index (χ3n) is 3.91. The van der Waals surface area contributed by atoms with Gasteiger partial charge in [0.2, 0.25) is 5.91 Å². The zero-order valence-electron chi connectivity index (χ0n) is 11.8. The SMILES string of the molecule is CC(=O)N1CCN(c2ccccc2)[C@H](C)[C@H]1CC(=O)O. The number of hydrogen-bond donors (Lipinski definition) is 1. The van der Waals surface area contributed by atoms with Crippen LogP contribution in [0.25, 0.3) is 0 Å². The van der Waals surface area contributed by atoms with Gasteiger partial charge in [0.1, 0.15) is 0 Å². The summed E-state index contributed by atoms with van der Waals surface area (Å²) in [5, 5.41) is 9.08. The summed E-state index contributed by atoms with van der Waals surface area (Å²) < 4.78 is 0. The molecule has 0 saturated carbocycles. The molecule has 0 radical (unpaired) electrons. The molecule has 0 spiro atoms. The maximum atomic E-state index is 11.7. The highest BCUT2D eigenvalue weighted by molar-refractivity contribution is 5.76. The van der Waals surface area contributed by atoms with Crippen LogP contribution >= 0.6 is 0 Å². The number of aliphatic carboxylic acids is 1. The van der Waals surface area contributed by atoms with Gasteiger partial charge >= 0.3 is 5.97 Å². The van der Waals surface area contributed by atoms with Crippen LogP contribution in [0.4, 0.5) is 5.69 Å². The lowest BCUT2D eigenvalue weighted by Gasteiger charge is -2.46. The molecule has 5 nitrogen and oxygen atoms in total. The molecule has 1 aliphatic heterocycles. The number of rotatable bonds is 3. The summed E-state index contributed by atoms with van der Waals surface area (Å²) in [5.74, 6) is -0.932. The van der Waals surface area contributed by atoms with Crippen LogP contribution in [0.2, 0.25) is 0 Å². The summed E-state index contributed by atoms with van der Waals surface area (Å²) in [6, 6.07) is 9.59. The smallest absolute Gasteiger partial charge is 0.305 e. The topological polar surface area (TPSA) is 60.9 Å². The van der Waals surface area contributed by atoms with E-state index in [1.54, 1.807) is 4.90 Å². The van der Waals surface area contributed by atoms with E-state index in [2.05, 4.69) is 4.90 Å². The lowest BCUT2D eigenvalue weighted by atomic mass is 9.98. The molecule has 1 amide bonds. The van der Waals surface area contributed by atoms with Gasteiger partial charge in [-0.05, 0) is 19.1 Å². The highest BCUT2D eigenvalue weighted by Gasteiger charge is 2.36. The van der Waals surface area contributed by atoms with Crippen LogP contribution in [0.15, 0.2) is 30.3 Å². The Bertz CT molecular complexity index is 489. The van der Waals surface area contributed by atoms with E-state index >= 15 is 0 Å². The molecule has 1 aromatic carbocycles. The fraction of sp³-hybridized carbons (Fsp3) is 0.467. The Balaban J connectivity index is 2.24. The second-order valence-corrected chi connectivity index (χ2v) is 5.15. The Labute approximate surface area is 118 Å². The molecule has 1 saturated heterocycles.